The lowest BCUT2D eigenvalue weighted by Crippen LogP contribution is -2.17. The summed E-state index contributed by atoms with van der Waals surface area (Å²) in [5.41, 5.74) is 6.76. The van der Waals surface area contributed by atoms with Gasteiger partial charge in [-0.25, -0.2) is 13.8 Å². The molecule has 2 N–H and O–H groups in total. The Kier molecular flexibility index (Phi) is 5.26. The van der Waals surface area contributed by atoms with Gasteiger partial charge in [0, 0.05) is 19.4 Å². The number of nitrogens with zero attached hydrogens (tertiary/aromatic N) is 2. The average molecular weight is 421 g/mol. The van der Waals surface area contributed by atoms with Crippen LogP contribution >= 0.6 is 0 Å². The van der Waals surface area contributed by atoms with Gasteiger partial charge in [-0.3, -0.25) is 9.59 Å². The maximum atomic E-state index is 14.4. The van der Waals surface area contributed by atoms with E-state index in [2.05, 4.69) is 16.8 Å². The van der Waals surface area contributed by atoms with Crippen LogP contribution in [0.25, 0.3) is 11.4 Å². The summed E-state index contributed by atoms with van der Waals surface area (Å²) in [5, 5.41) is 0. The summed E-state index contributed by atoms with van der Waals surface area (Å²) < 4.78 is 36.1. The van der Waals surface area contributed by atoms with Crippen LogP contribution in [0.2, 0.25) is 0 Å². The number of hydrogen-bond acceptors (Lipinski definition) is 4. The van der Waals surface area contributed by atoms with Crippen molar-refractivity contribution < 1.29 is 23.1 Å². The summed E-state index contributed by atoms with van der Waals surface area (Å²) in [5.74, 6) is 3.14. The van der Waals surface area contributed by atoms with Crippen LogP contribution in [-0.2, 0) is 17.8 Å². The van der Waals surface area contributed by atoms with Crippen molar-refractivity contribution in [1.29, 1.82) is 0 Å². The number of carbonyl (C=O) groups excluding carboxylic acids is 2. The van der Waals surface area contributed by atoms with Gasteiger partial charge in [-0.1, -0.05) is 24.1 Å². The molecule has 156 valence electrons. The molecule has 3 aromatic rings. The number of nitrogens with two attached hydrogens (primary N) is 1. The highest BCUT2D eigenvalue weighted by Gasteiger charge is 2.27. The second-order valence-corrected chi connectivity index (χ2v) is 7.00. The lowest BCUT2D eigenvalue weighted by atomic mass is 10.1. The molecule has 1 amide bonds. The molecular formula is C23H17F2N3O3. The lowest BCUT2D eigenvalue weighted by Gasteiger charge is -2.10. The Morgan fingerprint density at radius 2 is 2.00 bits per heavy atom. The van der Waals surface area contributed by atoms with Crippen LogP contribution in [0, 0.1) is 23.5 Å². The van der Waals surface area contributed by atoms with Crippen molar-refractivity contribution in [2.24, 2.45) is 5.73 Å². The Labute approximate surface area is 176 Å². The Hall–Kier alpha value is -3.99. The smallest absolute Gasteiger partial charge is 0.269 e. The summed E-state index contributed by atoms with van der Waals surface area (Å²) in [6.07, 6.45) is 0.0888. The molecule has 0 radical (unpaired) electrons. The summed E-state index contributed by atoms with van der Waals surface area (Å²) >= 11 is 0. The number of halogens is 2. The number of Topliss-reactive ketones (excluding diaryl/α,β-unsaturated/α-hetero) is 1. The topological polar surface area (TPSA) is 87.2 Å². The van der Waals surface area contributed by atoms with Crippen LogP contribution in [0.1, 0.15) is 34.2 Å². The number of carbonyl (C=O) groups is 2. The molecule has 0 unspecified atom stereocenters. The van der Waals surface area contributed by atoms with Crippen molar-refractivity contribution in [1.82, 2.24) is 9.55 Å². The molecule has 4 rings (SSSR count). The normalized spacial score (nSPS) is 12.0. The van der Waals surface area contributed by atoms with E-state index in [0.717, 1.165) is 0 Å². The third-order valence-corrected chi connectivity index (χ3v) is 4.88. The van der Waals surface area contributed by atoms with Gasteiger partial charge in [0.2, 0.25) is 5.78 Å². The van der Waals surface area contributed by atoms with Crippen LogP contribution in [-0.4, -0.2) is 27.8 Å². The van der Waals surface area contributed by atoms with Gasteiger partial charge in [-0.2, -0.15) is 0 Å². The number of rotatable bonds is 3. The largest absolute Gasteiger partial charge is 0.491 e. The summed E-state index contributed by atoms with van der Waals surface area (Å²) in [7, 11) is 0. The van der Waals surface area contributed by atoms with Gasteiger partial charge >= 0.3 is 0 Å². The molecule has 0 aliphatic carbocycles. The van der Waals surface area contributed by atoms with Crippen molar-refractivity contribution in [3.05, 3.63) is 70.5 Å². The van der Waals surface area contributed by atoms with E-state index in [1.54, 1.807) is 22.8 Å². The van der Waals surface area contributed by atoms with E-state index in [0.29, 0.717) is 29.2 Å². The van der Waals surface area contributed by atoms with Crippen LogP contribution in [0.5, 0.6) is 5.75 Å². The Bertz CT molecular complexity index is 1290. The highest BCUT2D eigenvalue weighted by molar-refractivity contribution is 5.94. The van der Waals surface area contributed by atoms with Crippen LogP contribution in [0.3, 0.4) is 0 Å². The number of fused-ring (bicyclic) bond motifs is 3. The fourth-order valence-corrected chi connectivity index (χ4v) is 3.48. The number of ether oxygens (including phenoxy) is 1. The predicted molar refractivity (Wildman–Crippen MR) is 108 cm³/mol. The van der Waals surface area contributed by atoms with Crippen molar-refractivity contribution in [3.63, 3.8) is 0 Å². The standard InChI is InChI=1S/C23H17F2N3O3/c1-13(29)6-7-15-10-16-20(12-18(15)25)31-9-8-28-19(21(22(26)30)27-23(16)28)11-14-4-2-3-5-17(14)24/h2-5,10,12H,8-9,11H2,1H3,(H2,26,30). The van der Waals surface area contributed by atoms with Crippen molar-refractivity contribution >= 4 is 11.7 Å². The third kappa shape index (κ3) is 3.90. The molecule has 0 fully saturated rings. The second kappa shape index (κ2) is 8.03. The van der Waals surface area contributed by atoms with Gasteiger partial charge in [-0.15, -0.1) is 0 Å². The molecule has 0 bridgehead atoms. The summed E-state index contributed by atoms with van der Waals surface area (Å²) in [6, 6.07) is 8.81. The highest BCUT2D eigenvalue weighted by atomic mass is 19.1. The number of primary amides is 1. The van der Waals surface area contributed by atoms with Gasteiger partial charge < -0.3 is 15.0 Å². The third-order valence-electron chi connectivity index (χ3n) is 4.88. The Balaban J connectivity index is 1.90. The summed E-state index contributed by atoms with van der Waals surface area (Å²) in [6.45, 7) is 1.75. The van der Waals surface area contributed by atoms with E-state index in [4.69, 9.17) is 10.5 Å². The molecule has 1 aliphatic heterocycles. The van der Waals surface area contributed by atoms with Crippen LogP contribution < -0.4 is 10.5 Å². The minimum atomic E-state index is -0.756. The minimum Gasteiger partial charge on any atom is -0.491 e. The molecule has 6 nitrogen and oxygen atoms in total. The van der Waals surface area contributed by atoms with Crippen molar-refractivity contribution in [3.8, 4) is 29.0 Å². The maximum Gasteiger partial charge on any atom is 0.269 e. The van der Waals surface area contributed by atoms with E-state index in [9.17, 15) is 18.4 Å². The highest BCUT2D eigenvalue weighted by Crippen LogP contribution is 2.36. The SMILES string of the molecule is CC(=O)C#Cc1cc2c(cc1F)OCCn1c-2nc(C(N)=O)c1Cc1ccccc1F. The number of aromatic nitrogens is 2. The summed E-state index contributed by atoms with van der Waals surface area (Å²) in [4.78, 5) is 27.7. The van der Waals surface area contributed by atoms with E-state index in [1.165, 1.54) is 25.1 Å². The van der Waals surface area contributed by atoms with E-state index < -0.39 is 23.3 Å². The first-order valence-corrected chi connectivity index (χ1v) is 9.47. The molecule has 2 aromatic carbocycles. The molecule has 0 spiro atoms. The first-order valence-electron chi connectivity index (χ1n) is 9.47. The zero-order valence-corrected chi connectivity index (χ0v) is 16.5. The average Bonchev–Trinajstić information content (AvgIpc) is 2.98. The molecule has 2 heterocycles. The fourth-order valence-electron chi connectivity index (χ4n) is 3.48. The first-order chi connectivity index (χ1) is 14.8. The molecule has 0 saturated carbocycles. The number of hydrogen-bond donors (Lipinski definition) is 1. The second-order valence-electron chi connectivity index (χ2n) is 7.00. The number of benzene rings is 2. The van der Waals surface area contributed by atoms with Gasteiger partial charge in [-0.05, 0) is 23.6 Å². The fraction of sp³-hybridized carbons (Fsp3) is 0.174. The molecule has 1 aromatic heterocycles. The molecule has 0 saturated heterocycles. The predicted octanol–water partition coefficient (Wildman–Crippen LogP) is 2.85. The van der Waals surface area contributed by atoms with Gasteiger partial charge in [0.05, 0.1) is 23.4 Å². The van der Waals surface area contributed by atoms with E-state index >= 15 is 0 Å². The van der Waals surface area contributed by atoms with Gasteiger partial charge in [0.1, 0.15) is 35.5 Å². The Morgan fingerprint density at radius 1 is 1.23 bits per heavy atom. The lowest BCUT2D eigenvalue weighted by molar-refractivity contribution is -0.111. The quantitative estimate of drug-likeness (QED) is 0.659. The van der Waals surface area contributed by atoms with Crippen molar-refractivity contribution in [2.75, 3.05) is 6.61 Å². The molecular weight excluding hydrogens is 404 g/mol. The molecule has 0 atom stereocenters. The van der Waals surface area contributed by atoms with Crippen molar-refractivity contribution in [2.45, 2.75) is 19.9 Å². The van der Waals surface area contributed by atoms with E-state index in [1.807, 2.05) is 0 Å². The van der Waals surface area contributed by atoms with Gasteiger partial charge in [0.15, 0.2) is 0 Å². The zero-order chi connectivity index (χ0) is 22.1. The van der Waals surface area contributed by atoms with Gasteiger partial charge in [0.25, 0.3) is 5.91 Å². The van der Waals surface area contributed by atoms with E-state index in [-0.39, 0.29) is 30.0 Å². The number of amides is 1. The monoisotopic (exact) mass is 421 g/mol. The maximum absolute atomic E-state index is 14.4. The number of ketones is 1. The molecule has 31 heavy (non-hydrogen) atoms. The number of imidazole rings is 1. The van der Waals surface area contributed by atoms with Crippen LogP contribution in [0.4, 0.5) is 8.78 Å². The van der Waals surface area contributed by atoms with Crippen LogP contribution in [0.15, 0.2) is 36.4 Å². The molecule has 1 aliphatic rings. The Morgan fingerprint density at radius 3 is 2.71 bits per heavy atom. The molecule has 8 heteroatoms. The minimum absolute atomic E-state index is 0.00629. The first kappa shape index (κ1) is 20.3. The zero-order valence-electron chi connectivity index (χ0n) is 16.5.